The minimum atomic E-state index is -1.79. The van der Waals surface area contributed by atoms with Crippen LogP contribution in [0.3, 0.4) is 0 Å². The van der Waals surface area contributed by atoms with E-state index in [9.17, 15) is 45.6 Å². The molecule has 2 rings (SSSR count). The van der Waals surface area contributed by atoms with Crippen molar-refractivity contribution in [2.75, 3.05) is 19.8 Å². The number of aliphatic hydroxyl groups is 8. The molecule has 12 atom stereocenters. The average Bonchev–Trinajstić information content (AvgIpc) is 3.41. The van der Waals surface area contributed by atoms with Crippen molar-refractivity contribution in [3.05, 3.63) is 24.3 Å². The van der Waals surface area contributed by atoms with Gasteiger partial charge in [0.05, 0.1) is 32.0 Å². The Morgan fingerprint density at radius 1 is 0.467 bits per heavy atom. The standard InChI is InChI=1S/C61H115NO13/c1-3-5-7-9-11-13-15-17-19-20-21-22-23-24-25-26-27-28-29-30-31-33-35-37-39-41-43-45-53(66)62-49(50(65)44-42-40-38-36-34-32-18-16-14-12-10-8-6-4-2)48-72-60-58(71)56(69)59(52(47-64)74-60)75-61-57(70)55(68)54(67)51(46-63)73-61/h34,36,42,44,49-52,54-61,63-65,67-71H,3-33,35,37-41,43,45-48H2,1-2H3,(H,62,66)/b36-34+,44-42+. The summed E-state index contributed by atoms with van der Waals surface area (Å²) in [6, 6.07) is -0.927. The highest BCUT2D eigenvalue weighted by molar-refractivity contribution is 5.76. The molecule has 0 aromatic carbocycles. The Kier molecular flexibility index (Phi) is 43.9. The molecule has 0 saturated carbocycles. The van der Waals surface area contributed by atoms with Gasteiger partial charge in [0.2, 0.25) is 5.91 Å². The molecule has 0 bridgehead atoms. The molecular weight excluding hydrogens is 955 g/mol. The van der Waals surface area contributed by atoms with Crippen LogP contribution in [0, 0.1) is 0 Å². The van der Waals surface area contributed by atoms with E-state index in [4.69, 9.17) is 18.9 Å². The molecule has 1 amide bonds. The number of rotatable bonds is 50. The summed E-state index contributed by atoms with van der Waals surface area (Å²) in [5.41, 5.74) is 0. The van der Waals surface area contributed by atoms with Crippen molar-refractivity contribution in [2.24, 2.45) is 0 Å². The summed E-state index contributed by atoms with van der Waals surface area (Å²) in [4.78, 5) is 13.3. The van der Waals surface area contributed by atoms with E-state index in [0.29, 0.717) is 12.8 Å². The number of carbonyl (C=O) groups is 1. The van der Waals surface area contributed by atoms with E-state index < -0.39 is 86.8 Å². The van der Waals surface area contributed by atoms with Crippen molar-refractivity contribution >= 4 is 5.91 Å². The first-order chi connectivity index (χ1) is 36.6. The van der Waals surface area contributed by atoms with Crippen LogP contribution in [0.2, 0.25) is 0 Å². The quantitative estimate of drug-likeness (QED) is 0.0204. The number of aliphatic hydroxyl groups excluding tert-OH is 8. The van der Waals surface area contributed by atoms with Gasteiger partial charge in [0.25, 0.3) is 0 Å². The number of ether oxygens (including phenoxy) is 4. The first kappa shape index (κ1) is 69.6. The largest absolute Gasteiger partial charge is 0.394 e. The van der Waals surface area contributed by atoms with Crippen molar-refractivity contribution in [3.63, 3.8) is 0 Å². The zero-order valence-corrected chi connectivity index (χ0v) is 47.6. The Labute approximate surface area is 456 Å². The van der Waals surface area contributed by atoms with Gasteiger partial charge in [-0.05, 0) is 32.1 Å². The number of carbonyl (C=O) groups excluding carboxylic acids is 1. The average molecular weight is 1070 g/mol. The molecule has 2 heterocycles. The summed E-state index contributed by atoms with van der Waals surface area (Å²) >= 11 is 0. The molecule has 0 aliphatic carbocycles. The van der Waals surface area contributed by atoms with Gasteiger partial charge in [-0.3, -0.25) is 4.79 Å². The number of hydrogen-bond acceptors (Lipinski definition) is 13. The number of hydrogen-bond donors (Lipinski definition) is 9. The molecule has 12 unspecified atom stereocenters. The highest BCUT2D eigenvalue weighted by Gasteiger charge is 2.51. The molecule has 2 saturated heterocycles. The van der Waals surface area contributed by atoms with E-state index in [1.807, 2.05) is 6.08 Å². The predicted octanol–water partition coefficient (Wildman–Crippen LogP) is 10.8. The highest BCUT2D eigenvalue weighted by Crippen LogP contribution is 2.30. The van der Waals surface area contributed by atoms with Crippen LogP contribution in [0.1, 0.15) is 264 Å². The van der Waals surface area contributed by atoms with Crippen LogP contribution >= 0.6 is 0 Å². The number of nitrogens with one attached hydrogen (secondary N) is 1. The minimum Gasteiger partial charge on any atom is -0.394 e. The van der Waals surface area contributed by atoms with Gasteiger partial charge >= 0.3 is 0 Å². The minimum absolute atomic E-state index is 0.245. The maximum atomic E-state index is 13.3. The van der Waals surface area contributed by atoms with Gasteiger partial charge in [0.1, 0.15) is 48.8 Å². The van der Waals surface area contributed by atoms with Crippen molar-refractivity contribution in [1.82, 2.24) is 5.32 Å². The summed E-state index contributed by atoms with van der Waals surface area (Å²) in [7, 11) is 0. The molecule has 0 aromatic heterocycles. The zero-order chi connectivity index (χ0) is 54.6. The summed E-state index contributed by atoms with van der Waals surface area (Å²) in [5, 5.41) is 87.0. The Balaban J connectivity index is 1.70. The van der Waals surface area contributed by atoms with Gasteiger partial charge in [0.15, 0.2) is 12.6 Å². The monoisotopic (exact) mass is 1070 g/mol. The second-order valence-corrected chi connectivity index (χ2v) is 22.2. The molecular formula is C61H115NO13. The van der Waals surface area contributed by atoms with Crippen LogP contribution in [0.5, 0.6) is 0 Å². The highest BCUT2D eigenvalue weighted by atomic mass is 16.7. The molecule has 0 radical (unpaired) electrons. The third-order valence-corrected chi connectivity index (χ3v) is 15.4. The zero-order valence-electron chi connectivity index (χ0n) is 47.6. The molecule has 2 fully saturated rings. The molecule has 442 valence electrons. The summed E-state index contributed by atoms with van der Waals surface area (Å²) < 4.78 is 22.8. The van der Waals surface area contributed by atoms with Crippen molar-refractivity contribution in [2.45, 2.75) is 338 Å². The van der Waals surface area contributed by atoms with Crippen molar-refractivity contribution < 1.29 is 64.6 Å². The Morgan fingerprint density at radius 2 is 0.853 bits per heavy atom. The second-order valence-electron chi connectivity index (χ2n) is 22.2. The lowest BCUT2D eigenvalue weighted by atomic mass is 9.97. The number of allylic oxidation sites excluding steroid dienone is 3. The SMILES string of the molecule is CCCCCCCCCC/C=C/CC/C=C/C(O)C(COC1OC(CO)C(OC2OC(CO)C(O)C(O)C2O)C(O)C1O)NC(=O)CCCCCCCCCCCCCCCCCCCCCCCCCCCCC. The van der Waals surface area contributed by atoms with Gasteiger partial charge in [0, 0.05) is 6.42 Å². The molecule has 0 aromatic rings. The van der Waals surface area contributed by atoms with E-state index in [-0.39, 0.29) is 18.9 Å². The van der Waals surface area contributed by atoms with Crippen LogP contribution in [0.4, 0.5) is 0 Å². The third kappa shape index (κ3) is 33.0. The Bertz CT molecular complexity index is 1350. The number of amides is 1. The maximum absolute atomic E-state index is 13.3. The molecule has 2 aliphatic rings. The maximum Gasteiger partial charge on any atom is 0.220 e. The predicted molar refractivity (Wildman–Crippen MR) is 300 cm³/mol. The normalized spacial score (nSPS) is 25.1. The number of unbranched alkanes of at least 4 members (excludes halogenated alkanes) is 35. The van der Waals surface area contributed by atoms with E-state index in [1.54, 1.807) is 6.08 Å². The lowest BCUT2D eigenvalue weighted by Crippen LogP contribution is -2.65. The van der Waals surface area contributed by atoms with Crippen LogP contribution < -0.4 is 5.32 Å². The summed E-state index contributed by atoms with van der Waals surface area (Å²) in [6.45, 7) is 2.80. The molecule has 2 aliphatic heterocycles. The third-order valence-electron chi connectivity index (χ3n) is 15.4. The van der Waals surface area contributed by atoms with Gasteiger partial charge in [-0.1, -0.05) is 250 Å². The molecule has 9 N–H and O–H groups in total. The van der Waals surface area contributed by atoms with Crippen LogP contribution in [0.25, 0.3) is 0 Å². The lowest BCUT2D eigenvalue weighted by Gasteiger charge is -2.46. The molecule has 14 nitrogen and oxygen atoms in total. The summed E-state index contributed by atoms with van der Waals surface area (Å²) in [6.07, 6.45) is 39.5. The molecule has 14 heteroatoms. The molecule has 75 heavy (non-hydrogen) atoms. The van der Waals surface area contributed by atoms with Gasteiger partial charge in [-0.15, -0.1) is 0 Å². The Hall–Kier alpha value is -1.53. The Morgan fingerprint density at radius 3 is 1.31 bits per heavy atom. The van der Waals surface area contributed by atoms with E-state index in [0.717, 1.165) is 32.1 Å². The van der Waals surface area contributed by atoms with E-state index in [1.165, 1.54) is 199 Å². The van der Waals surface area contributed by atoms with Crippen LogP contribution in [-0.4, -0.2) is 140 Å². The first-order valence-electron chi connectivity index (χ1n) is 31.1. The van der Waals surface area contributed by atoms with Crippen LogP contribution in [-0.2, 0) is 23.7 Å². The second kappa shape index (κ2) is 47.3. The van der Waals surface area contributed by atoms with Crippen molar-refractivity contribution in [3.8, 4) is 0 Å². The summed E-state index contributed by atoms with van der Waals surface area (Å²) in [5.74, 6) is -0.245. The smallest absolute Gasteiger partial charge is 0.220 e. The van der Waals surface area contributed by atoms with Gasteiger partial charge in [-0.2, -0.15) is 0 Å². The lowest BCUT2D eigenvalue weighted by molar-refractivity contribution is -0.359. The first-order valence-corrected chi connectivity index (χ1v) is 31.1. The molecule has 0 spiro atoms. The topological polar surface area (TPSA) is 228 Å². The fourth-order valence-corrected chi connectivity index (χ4v) is 10.4. The van der Waals surface area contributed by atoms with Crippen molar-refractivity contribution in [1.29, 1.82) is 0 Å². The van der Waals surface area contributed by atoms with E-state index >= 15 is 0 Å². The van der Waals surface area contributed by atoms with E-state index in [2.05, 4.69) is 31.3 Å². The fourth-order valence-electron chi connectivity index (χ4n) is 10.4. The van der Waals surface area contributed by atoms with Crippen LogP contribution in [0.15, 0.2) is 24.3 Å². The van der Waals surface area contributed by atoms with Gasteiger partial charge < -0.3 is 65.1 Å². The van der Waals surface area contributed by atoms with Gasteiger partial charge in [-0.25, -0.2) is 0 Å². The fraction of sp³-hybridized carbons (Fsp3) is 0.918.